The highest BCUT2D eigenvalue weighted by Crippen LogP contribution is 2.19. The second-order valence-electron chi connectivity index (χ2n) is 2.26. The fourth-order valence-corrected chi connectivity index (χ4v) is 1.68. The van der Waals surface area contributed by atoms with Crippen LogP contribution in [-0.4, -0.2) is 11.4 Å². The van der Waals surface area contributed by atoms with Gasteiger partial charge in [0.1, 0.15) is 0 Å². The number of benzene rings is 1. The van der Waals surface area contributed by atoms with Crippen molar-refractivity contribution in [2.24, 2.45) is 5.73 Å². The lowest BCUT2D eigenvalue weighted by Gasteiger charge is -1.84. The van der Waals surface area contributed by atoms with E-state index in [9.17, 15) is 0 Å². The van der Waals surface area contributed by atoms with Gasteiger partial charge in [-0.25, -0.2) is 0 Å². The van der Waals surface area contributed by atoms with Crippen LogP contribution in [-0.2, 0) is 0 Å². The van der Waals surface area contributed by atoms with Crippen LogP contribution < -0.4 is 5.73 Å². The van der Waals surface area contributed by atoms with Crippen molar-refractivity contribution in [3.05, 3.63) is 29.1 Å². The van der Waals surface area contributed by atoms with Crippen LogP contribution in [0.4, 0.5) is 0 Å². The Kier molecular flexibility index (Phi) is 3.19. The van der Waals surface area contributed by atoms with E-state index < -0.39 is 0 Å². The highest BCUT2D eigenvalue weighted by molar-refractivity contribution is 7.07. The molecule has 2 rings (SSSR count). The van der Waals surface area contributed by atoms with Crippen molar-refractivity contribution in [1.29, 1.82) is 0 Å². The van der Waals surface area contributed by atoms with Gasteiger partial charge in [-0.05, 0) is 31.6 Å². The molecule has 0 amide bonds. The maximum absolute atomic E-state index is 4.50. The van der Waals surface area contributed by atoms with Crippen LogP contribution in [0, 0.1) is 6.92 Å². The van der Waals surface area contributed by atoms with Crippen molar-refractivity contribution in [2.45, 2.75) is 6.92 Å². The molecule has 1 heterocycles. The van der Waals surface area contributed by atoms with Crippen LogP contribution in [0.3, 0.4) is 0 Å². The van der Waals surface area contributed by atoms with E-state index in [0.717, 1.165) is 5.52 Å². The van der Waals surface area contributed by atoms with Crippen LogP contribution >= 0.6 is 11.5 Å². The van der Waals surface area contributed by atoms with E-state index in [1.807, 2.05) is 18.2 Å². The predicted octanol–water partition coefficient (Wildman–Crippen LogP) is 2.18. The molecule has 1 aromatic heterocycles. The topological polar surface area (TPSA) is 38.9 Å². The fraction of sp³-hybridized carbons (Fsp3) is 0.222. The Morgan fingerprint density at radius 2 is 1.92 bits per heavy atom. The van der Waals surface area contributed by atoms with E-state index in [-0.39, 0.29) is 0 Å². The predicted molar refractivity (Wildman–Crippen MR) is 54.5 cm³/mol. The Bertz CT molecular complexity index is 354. The summed E-state index contributed by atoms with van der Waals surface area (Å²) >= 11 is 1.57. The molecule has 0 aliphatic carbocycles. The van der Waals surface area contributed by atoms with Gasteiger partial charge in [0.2, 0.25) is 0 Å². The molecule has 12 heavy (non-hydrogen) atoms. The van der Waals surface area contributed by atoms with E-state index in [0.29, 0.717) is 0 Å². The molecule has 0 unspecified atom stereocenters. The highest BCUT2D eigenvalue weighted by atomic mass is 32.1. The molecule has 2 nitrogen and oxygen atoms in total. The third-order valence-electron chi connectivity index (χ3n) is 1.56. The minimum atomic E-state index is 1.12. The molecular weight excluding hydrogens is 168 g/mol. The zero-order valence-electron chi connectivity index (χ0n) is 7.24. The highest BCUT2D eigenvalue weighted by Gasteiger charge is 1.97. The van der Waals surface area contributed by atoms with Crippen LogP contribution in [0.2, 0.25) is 0 Å². The molecule has 0 bridgehead atoms. The Morgan fingerprint density at radius 1 is 1.25 bits per heavy atom. The summed E-state index contributed by atoms with van der Waals surface area (Å²) in [7, 11) is 1.50. The quantitative estimate of drug-likeness (QED) is 0.675. The molecule has 0 saturated heterocycles. The molecule has 2 N–H and O–H groups in total. The molecule has 1 aromatic carbocycles. The minimum absolute atomic E-state index is 1.12. The van der Waals surface area contributed by atoms with Crippen molar-refractivity contribution in [3.8, 4) is 0 Å². The molecule has 2 aromatic rings. The normalized spacial score (nSPS) is 9.25. The number of aromatic nitrogens is 1. The maximum atomic E-state index is 4.50. The first-order chi connectivity index (χ1) is 5.88. The van der Waals surface area contributed by atoms with E-state index in [4.69, 9.17) is 0 Å². The molecule has 0 aliphatic rings. The molecule has 0 radical (unpaired) electrons. The Labute approximate surface area is 76.2 Å². The van der Waals surface area contributed by atoms with Crippen LogP contribution in [0.25, 0.3) is 10.9 Å². The van der Waals surface area contributed by atoms with Gasteiger partial charge in [-0.15, -0.1) is 0 Å². The van der Waals surface area contributed by atoms with E-state index in [1.165, 1.54) is 17.3 Å². The average molecular weight is 180 g/mol. The summed E-state index contributed by atoms with van der Waals surface area (Å²) in [5, 5.41) is 1.28. The summed E-state index contributed by atoms with van der Waals surface area (Å²) in [6.07, 6.45) is 0. The van der Waals surface area contributed by atoms with Gasteiger partial charge >= 0.3 is 0 Å². The summed E-state index contributed by atoms with van der Waals surface area (Å²) < 4.78 is 4.26. The summed E-state index contributed by atoms with van der Waals surface area (Å²) in [6.45, 7) is 2.10. The monoisotopic (exact) mass is 180 g/mol. The zero-order valence-corrected chi connectivity index (χ0v) is 8.06. The number of hydrogen-bond acceptors (Lipinski definition) is 3. The van der Waals surface area contributed by atoms with Crippen LogP contribution in [0.15, 0.2) is 24.3 Å². The van der Waals surface area contributed by atoms with Crippen LogP contribution in [0.5, 0.6) is 0 Å². The summed E-state index contributed by atoms with van der Waals surface area (Å²) in [5.41, 5.74) is 5.62. The number of nitrogens with zero attached hydrogens (tertiary/aromatic N) is 1. The van der Waals surface area contributed by atoms with Crippen LogP contribution in [0.1, 0.15) is 4.88 Å². The Balaban J connectivity index is 0.000000336. The number of hydrogen-bond donors (Lipinski definition) is 1. The van der Waals surface area contributed by atoms with Gasteiger partial charge in [0, 0.05) is 10.3 Å². The molecule has 0 spiro atoms. The lowest BCUT2D eigenvalue weighted by molar-refractivity contribution is 1.48. The minimum Gasteiger partial charge on any atom is -0.333 e. The largest absolute Gasteiger partial charge is 0.333 e. The molecule has 0 saturated carbocycles. The zero-order chi connectivity index (χ0) is 8.97. The molecule has 0 fully saturated rings. The Hall–Kier alpha value is -0.930. The molecule has 64 valence electrons. The standard InChI is InChI=1S/C8H7NS.CH5N/c1-6-7-4-2-3-5-8(7)9-10-6;1-2/h2-5H,1H3;2H2,1H3. The first-order valence-corrected chi connectivity index (χ1v) is 4.54. The maximum Gasteiger partial charge on any atom is 0.0843 e. The smallest absolute Gasteiger partial charge is 0.0843 e. The average Bonchev–Trinajstić information content (AvgIpc) is 2.53. The number of rotatable bonds is 0. The fourth-order valence-electron chi connectivity index (χ4n) is 1.02. The van der Waals surface area contributed by atoms with Crippen molar-refractivity contribution < 1.29 is 0 Å². The van der Waals surface area contributed by atoms with E-state index >= 15 is 0 Å². The SMILES string of the molecule is CN.Cc1snc2ccccc12. The summed E-state index contributed by atoms with van der Waals surface area (Å²) in [4.78, 5) is 1.30. The third-order valence-corrected chi connectivity index (χ3v) is 2.35. The number of nitrogens with two attached hydrogens (primary N) is 1. The Morgan fingerprint density at radius 3 is 2.58 bits per heavy atom. The first kappa shape index (κ1) is 9.16. The van der Waals surface area contributed by atoms with Gasteiger partial charge in [0.25, 0.3) is 0 Å². The summed E-state index contributed by atoms with van der Waals surface area (Å²) in [6, 6.07) is 8.21. The second-order valence-corrected chi connectivity index (χ2v) is 3.23. The molecule has 3 heteroatoms. The number of aryl methyl sites for hydroxylation is 1. The van der Waals surface area contributed by atoms with Crippen molar-refractivity contribution >= 4 is 22.4 Å². The third kappa shape index (κ3) is 1.62. The molecule has 0 atom stereocenters. The lowest BCUT2D eigenvalue weighted by atomic mass is 10.2. The van der Waals surface area contributed by atoms with Gasteiger partial charge < -0.3 is 5.73 Å². The van der Waals surface area contributed by atoms with E-state index in [2.05, 4.69) is 23.1 Å². The van der Waals surface area contributed by atoms with Crippen molar-refractivity contribution in [1.82, 2.24) is 4.37 Å². The van der Waals surface area contributed by atoms with Gasteiger partial charge in [-0.3, -0.25) is 0 Å². The van der Waals surface area contributed by atoms with Gasteiger partial charge in [0.15, 0.2) is 0 Å². The summed E-state index contributed by atoms with van der Waals surface area (Å²) in [5.74, 6) is 0. The number of fused-ring (bicyclic) bond motifs is 1. The second kappa shape index (κ2) is 4.18. The van der Waals surface area contributed by atoms with Gasteiger partial charge in [0.05, 0.1) is 5.52 Å². The first-order valence-electron chi connectivity index (χ1n) is 3.77. The molecular formula is C9H12N2S. The lowest BCUT2D eigenvalue weighted by Crippen LogP contribution is -1.69. The van der Waals surface area contributed by atoms with Crippen molar-refractivity contribution in [2.75, 3.05) is 7.05 Å². The van der Waals surface area contributed by atoms with Crippen molar-refractivity contribution in [3.63, 3.8) is 0 Å². The van der Waals surface area contributed by atoms with E-state index in [1.54, 1.807) is 11.5 Å². The van der Waals surface area contributed by atoms with Gasteiger partial charge in [-0.2, -0.15) is 4.37 Å². The van der Waals surface area contributed by atoms with Gasteiger partial charge in [-0.1, -0.05) is 18.2 Å². The molecule has 0 aliphatic heterocycles.